The fourth-order valence-electron chi connectivity index (χ4n) is 3.75. The minimum absolute atomic E-state index is 0.00482. The SMILES string of the molecule is COc1cc(OC)cc([C@@]2(C)C(=O)N(c3ccccc3)c3ccccc32)c1. The number of ether oxygens (including phenoxy) is 2. The molecule has 0 fully saturated rings. The third-order valence-electron chi connectivity index (χ3n) is 5.26. The van der Waals surface area contributed by atoms with E-state index in [1.807, 2.05) is 79.7 Å². The van der Waals surface area contributed by atoms with Crippen LogP contribution in [0.1, 0.15) is 18.1 Å². The van der Waals surface area contributed by atoms with Crippen LogP contribution in [0.5, 0.6) is 11.5 Å². The van der Waals surface area contributed by atoms with Crippen LogP contribution in [0.25, 0.3) is 0 Å². The molecule has 0 saturated carbocycles. The maximum absolute atomic E-state index is 13.7. The third-order valence-corrected chi connectivity index (χ3v) is 5.26. The largest absolute Gasteiger partial charge is 0.497 e. The van der Waals surface area contributed by atoms with E-state index in [0.717, 1.165) is 22.5 Å². The summed E-state index contributed by atoms with van der Waals surface area (Å²) in [6, 6.07) is 23.3. The van der Waals surface area contributed by atoms with E-state index in [2.05, 4.69) is 0 Å². The van der Waals surface area contributed by atoms with E-state index in [1.165, 1.54) is 0 Å². The summed E-state index contributed by atoms with van der Waals surface area (Å²) in [6.45, 7) is 1.96. The van der Waals surface area contributed by atoms with Crippen molar-refractivity contribution in [2.45, 2.75) is 12.3 Å². The Morgan fingerprint density at radius 1 is 0.815 bits per heavy atom. The highest BCUT2D eigenvalue weighted by atomic mass is 16.5. The van der Waals surface area contributed by atoms with Crippen LogP contribution in [0.4, 0.5) is 11.4 Å². The highest BCUT2D eigenvalue weighted by Crippen LogP contribution is 2.49. The van der Waals surface area contributed by atoms with E-state index in [4.69, 9.17) is 9.47 Å². The molecule has 3 aromatic carbocycles. The van der Waals surface area contributed by atoms with E-state index in [1.54, 1.807) is 19.1 Å². The Hall–Kier alpha value is -3.27. The van der Waals surface area contributed by atoms with Crippen molar-refractivity contribution in [2.24, 2.45) is 0 Å². The summed E-state index contributed by atoms with van der Waals surface area (Å²) in [5, 5.41) is 0. The number of anilines is 2. The molecular weight excluding hydrogens is 338 g/mol. The minimum Gasteiger partial charge on any atom is -0.497 e. The number of benzene rings is 3. The predicted octanol–water partition coefficient (Wildman–Crippen LogP) is 4.69. The second-order valence-corrected chi connectivity index (χ2v) is 6.72. The molecule has 1 atom stereocenters. The average Bonchev–Trinajstić information content (AvgIpc) is 2.96. The monoisotopic (exact) mass is 359 g/mol. The zero-order chi connectivity index (χ0) is 19.0. The molecule has 0 bridgehead atoms. The van der Waals surface area contributed by atoms with Gasteiger partial charge in [-0.05, 0) is 48.4 Å². The van der Waals surface area contributed by atoms with Crippen LogP contribution in [-0.4, -0.2) is 20.1 Å². The second kappa shape index (κ2) is 6.47. The summed E-state index contributed by atoms with van der Waals surface area (Å²) in [4.78, 5) is 15.5. The van der Waals surface area contributed by atoms with Crippen molar-refractivity contribution in [1.82, 2.24) is 0 Å². The van der Waals surface area contributed by atoms with Gasteiger partial charge >= 0.3 is 0 Å². The molecule has 0 aromatic heterocycles. The van der Waals surface area contributed by atoms with Crippen molar-refractivity contribution in [3.63, 3.8) is 0 Å². The van der Waals surface area contributed by atoms with Gasteiger partial charge < -0.3 is 9.47 Å². The van der Waals surface area contributed by atoms with Crippen LogP contribution in [-0.2, 0) is 10.2 Å². The molecule has 4 heteroatoms. The second-order valence-electron chi connectivity index (χ2n) is 6.72. The van der Waals surface area contributed by atoms with Crippen LogP contribution in [0, 0.1) is 0 Å². The van der Waals surface area contributed by atoms with Gasteiger partial charge in [0.2, 0.25) is 5.91 Å². The van der Waals surface area contributed by atoms with Gasteiger partial charge in [0.05, 0.1) is 25.3 Å². The summed E-state index contributed by atoms with van der Waals surface area (Å²) in [5.41, 5.74) is 2.73. The van der Waals surface area contributed by atoms with Crippen molar-refractivity contribution >= 4 is 17.3 Å². The fourth-order valence-corrected chi connectivity index (χ4v) is 3.75. The van der Waals surface area contributed by atoms with E-state index >= 15 is 0 Å². The number of carbonyl (C=O) groups excluding carboxylic acids is 1. The summed E-state index contributed by atoms with van der Waals surface area (Å²) in [6.07, 6.45) is 0. The predicted molar refractivity (Wildman–Crippen MR) is 106 cm³/mol. The van der Waals surface area contributed by atoms with E-state index in [-0.39, 0.29) is 5.91 Å². The number of fused-ring (bicyclic) bond motifs is 1. The Balaban J connectivity index is 1.95. The van der Waals surface area contributed by atoms with Crippen molar-refractivity contribution in [1.29, 1.82) is 0 Å². The molecule has 4 rings (SSSR count). The van der Waals surface area contributed by atoms with Gasteiger partial charge in [-0.15, -0.1) is 0 Å². The van der Waals surface area contributed by atoms with Gasteiger partial charge in [0.25, 0.3) is 0 Å². The lowest BCUT2D eigenvalue weighted by atomic mass is 9.77. The number of amides is 1. The van der Waals surface area contributed by atoms with Crippen molar-refractivity contribution in [3.8, 4) is 11.5 Å². The Morgan fingerprint density at radius 2 is 1.41 bits per heavy atom. The zero-order valence-electron chi connectivity index (χ0n) is 15.6. The average molecular weight is 359 g/mol. The molecule has 0 saturated heterocycles. The molecule has 136 valence electrons. The number of nitrogens with zero attached hydrogens (tertiary/aromatic N) is 1. The molecule has 1 aliphatic rings. The molecule has 1 aliphatic heterocycles. The maximum atomic E-state index is 13.7. The Bertz CT molecular complexity index is 977. The number of hydrogen-bond acceptors (Lipinski definition) is 3. The fraction of sp³-hybridized carbons (Fsp3) is 0.174. The van der Waals surface area contributed by atoms with Crippen LogP contribution in [0.15, 0.2) is 72.8 Å². The smallest absolute Gasteiger partial charge is 0.246 e. The molecule has 0 aliphatic carbocycles. The molecule has 0 unspecified atom stereocenters. The van der Waals surface area contributed by atoms with Gasteiger partial charge in [-0.1, -0.05) is 36.4 Å². The van der Waals surface area contributed by atoms with Crippen LogP contribution in [0.3, 0.4) is 0 Å². The zero-order valence-corrected chi connectivity index (χ0v) is 15.6. The normalized spacial score (nSPS) is 18.3. The molecule has 3 aromatic rings. The molecular formula is C23H21NO3. The molecule has 0 radical (unpaired) electrons. The number of hydrogen-bond donors (Lipinski definition) is 0. The van der Waals surface area contributed by atoms with Gasteiger partial charge in [-0.25, -0.2) is 0 Å². The highest BCUT2D eigenvalue weighted by Gasteiger charge is 2.49. The lowest BCUT2D eigenvalue weighted by Gasteiger charge is -2.26. The Kier molecular flexibility index (Phi) is 4.11. The molecule has 0 spiro atoms. The lowest BCUT2D eigenvalue weighted by molar-refractivity contribution is -0.120. The van der Waals surface area contributed by atoms with E-state index in [9.17, 15) is 4.79 Å². The van der Waals surface area contributed by atoms with E-state index < -0.39 is 5.41 Å². The lowest BCUT2D eigenvalue weighted by Crippen LogP contribution is -2.36. The van der Waals surface area contributed by atoms with Gasteiger partial charge in [0.1, 0.15) is 11.5 Å². The first-order valence-electron chi connectivity index (χ1n) is 8.82. The molecule has 0 N–H and O–H groups in total. The van der Waals surface area contributed by atoms with Gasteiger partial charge in [-0.2, -0.15) is 0 Å². The van der Waals surface area contributed by atoms with E-state index in [0.29, 0.717) is 11.5 Å². The quantitative estimate of drug-likeness (QED) is 0.678. The number of carbonyl (C=O) groups is 1. The van der Waals surface area contributed by atoms with Crippen LogP contribution < -0.4 is 14.4 Å². The summed E-state index contributed by atoms with van der Waals surface area (Å²) in [5.74, 6) is 1.33. The minimum atomic E-state index is -0.839. The number of para-hydroxylation sites is 2. The number of methoxy groups -OCH3 is 2. The Labute approximate surface area is 159 Å². The number of rotatable bonds is 4. The molecule has 1 amide bonds. The van der Waals surface area contributed by atoms with Crippen LogP contribution >= 0.6 is 0 Å². The molecule has 4 nitrogen and oxygen atoms in total. The van der Waals surface area contributed by atoms with Crippen molar-refractivity contribution < 1.29 is 14.3 Å². The topological polar surface area (TPSA) is 38.8 Å². The summed E-state index contributed by atoms with van der Waals surface area (Å²) >= 11 is 0. The first kappa shape index (κ1) is 17.2. The first-order valence-corrected chi connectivity index (χ1v) is 8.82. The highest BCUT2D eigenvalue weighted by molar-refractivity contribution is 6.14. The van der Waals surface area contributed by atoms with Gasteiger partial charge in [0.15, 0.2) is 0 Å². The maximum Gasteiger partial charge on any atom is 0.246 e. The molecule has 27 heavy (non-hydrogen) atoms. The van der Waals surface area contributed by atoms with Crippen LogP contribution in [0.2, 0.25) is 0 Å². The third kappa shape index (κ3) is 2.56. The van der Waals surface area contributed by atoms with Gasteiger partial charge in [-0.3, -0.25) is 9.69 Å². The summed E-state index contributed by atoms with van der Waals surface area (Å²) in [7, 11) is 3.23. The standard InChI is InChI=1S/C23H21NO3/c1-23(16-13-18(26-2)15-19(14-16)27-3)20-11-7-8-12-21(20)24(22(23)25)17-9-5-4-6-10-17/h4-15H,1-3H3/t23-/m1/s1. The first-order chi connectivity index (χ1) is 13.1. The molecule has 1 heterocycles. The van der Waals surface area contributed by atoms with Crippen molar-refractivity contribution in [3.05, 3.63) is 83.9 Å². The van der Waals surface area contributed by atoms with Crippen molar-refractivity contribution in [2.75, 3.05) is 19.1 Å². The Morgan fingerprint density at radius 3 is 2.04 bits per heavy atom. The van der Waals surface area contributed by atoms with Gasteiger partial charge in [0, 0.05) is 11.8 Å². The summed E-state index contributed by atoms with van der Waals surface area (Å²) < 4.78 is 10.9.